The number of carbonyl (C=O) groups excluding carboxylic acids is 1. The van der Waals surface area contributed by atoms with Crippen LogP contribution in [0.2, 0.25) is 0 Å². The molecule has 0 radical (unpaired) electrons. The number of aromatic nitrogens is 1. The van der Waals surface area contributed by atoms with Crippen LogP contribution in [0, 0.1) is 15.5 Å². The molecule has 0 aliphatic carbocycles. The Morgan fingerprint density at radius 2 is 2.15 bits per heavy atom. The van der Waals surface area contributed by atoms with Gasteiger partial charge in [-0.3, -0.25) is 14.9 Å². The summed E-state index contributed by atoms with van der Waals surface area (Å²) in [5.74, 6) is -0.218. The minimum Gasteiger partial charge on any atom is -0.340 e. The molecule has 20 heavy (non-hydrogen) atoms. The molecule has 1 rings (SSSR count). The van der Waals surface area contributed by atoms with Gasteiger partial charge >= 0.3 is 0 Å². The minimum atomic E-state index is -0.503. The van der Waals surface area contributed by atoms with Crippen molar-refractivity contribution in [3.05, 3.63) is 28.1 Å². The van der Waals surface area contributed by atoms with Gasteiger partial charge in [0.2, 0.25) is 0 Å². The van der Waals surface area contributed by atoms with Gasteiger partial charge in [-0.15, -0.1) is 0 Å². The van der Waals surface area contributed by atoms with Gasteiger partial charge < -0.3 is 15.2 Å². The fourth-order valence-corrected chi connectivity index (χ4v) is 1.93. The highest BCUT2D eigenvalue weighted by molar-refractivity contribution is 5.93. The number of nitrogens with two attached hydrogens (primary N) is 1. The maximum absolute atomic E-state index is 12.5. The second-order valence-corrected chi connectivity index (χ2v) is 5.64. The van der Waals surface area contributed by atoms with E-state index in [9.17, 15) is 14.9 Å². The summed E-state index contributed by atoms with van der Waals surface area (Å²) in [4.78, 5) is 24.4. The molecule has 0 fully saturated rings. The molecular weight excluding hydrogens is 260 g/mol. The van der Waals surface area contributed by atoms with Crippen LogP contribution in [0.25, 0.3) is 0 Å². The molecule has 0 atom stereocenters. The monoisotopic (exact) mass is 282 g/mol. The normalized spacial score (nSPS) is 11.4. The number of nitrogens with zero attached hydrogens (tertiary/aromatic N) is 3. The van der Waals surface area contributed by atoms with Gasteiger partial charge in [0.1, 0.15) is 5.69 Å². The quantitative estimate of drug-likeness (QED) is 0.630. The summed E-state index contributed by atoms with van der Waals surface area (Å²) in [6, 6.07) is 1.31. The Hall–Kier alpha value is -1.89. The van der Waals surface area contributed by atoms with Crippen molar-refractivity contribution in [1.29, 1.82) is 0 Å². The third-order valence-corrected chi connectivity index (χ3v) is 3.26. The Bertz CT molecular complexity index is 508. The highest BCUT2D eigenvalue weighted by Gasteiger charge is 2.26. The zero-order valence-electron chi connectivity index (χ0n) is 12.4. The van der Waals surface area contributed by atoms with Crippen molar-refractivity contribution in [2.45, 2.75) is 20.8 Å². The maximum Gasteiger partial charge on any atom is 0.287 e. The molecule has 0 aliphatic rings. The third-order valence-electron chi connectivity index (χ3n) is 3.26. The van der Waals surface area contributed by atoms with E-state index >= 15 is 0 Å². The van der Waals surface area contributed by atoms with Gasteiger partial charge in [0, 0.05) is 26.2 Å². The van der Waals surface area contributed by atoms with Crippen LogP contribution in [0.15, 0.2) is 12.3 Å². The van der Waals surface area contributed by atoms with E-state index < -0.39 is 4.92 Å². The van der Waals surface area contributed by atoms with Crippen molar-refractivity contribution < 1.29 is 9.72 Å². The van der Waals surface area contributed by atoms with E-state index in [0.29, 0.717) is 25.3 Å². The van der Waals surface area contributed by atoms with Crippen LogP contribution in [-0.2, 0) is 7.05 Å². The number of amides is 1. The first-order valence-corrected chi connectivity index (χ1v) is 6.52. The number of hydrogen-bond donors (Lipinski definition) is 1. The number of carbonyl (C=O) groups is 1. The van der Waals surface area contributed by atoms with Crippen LogP contribution in [0.1, 0.15) is 31.3 Å². The van der Waals surface area contributed by atoms with Gasteiger partial charge in [0.25, 0.3) is 11.6 Å². The Morgan fingerprint density at radius 1 is 1.55 bits per heavy atom. The lowest BCUT2D eigenvalue weighted by Gasteiger charge is -2.31. The summed E-state index contributed by atoms with van der Waals surface area (Å²) >= 11 is 0. The van der Waals surface area contributed by atoms with Gasteiger partial charge in [0.15, 0.2) is 0 Å². The molecule has 0 spiro atoms. The summed E-state index contributed by atoms with van der Waals surface area (Å²) in [5.41, 5.74) is 5.73. The average Bonchev–Trinajstić information content (AvgIpc) is 2.77. The van der Waals surface area contributed by atoms with Crippen LogP contribution in [-0.4, -0.2) is 39.9 Å². The van der Waals surface area contributed by atoms with Crippen molar-refractivity contribution in [3.8, 4) is 0 Å². The zero-order chi connectivity index (χ0) is 15.5. The Morgan fingerprint density at radius 3 is 2.55 bits per heavy atom. The van der Waals surface area contributed by atoms with Crippen molar-refractivity contribution in [2.75, 3.05) is 19.6 Å². The third kappa shape index (κ3) is 3.57. The van der Waals surface area contributed by atoms with Crippen LogP contribution in [0.4, 0.5) is 5.69 Å². The lowest BCUT2D eigenvalue weighted by molar-refractivity contribution is -0.384. The van der Waals surface area contributed by atoms with E-state index in [2.05, 4.69) is 0 Å². The first kappa shape index (κ1) is 16.2. The molecular formula is C13H22N4O3. The molecule has 0 aromatic carbocycles. The van der Waals surface area contributed by atoms with E-state index in [0.717, 1.165) is 0 Å². The van der Waals surface area contributed by atoms with E-state index in [1.165, 1.54) is 16.8 Å². The van der Waals surface area contributed by atoms with Crippen LogP contribution in [0.3, 0.4) is 0 Å². The summed E-state index contributed by atoms with van der Waals surface area (Å²) in [5, 5.41) is 10.8. The van der Waals surface area contributed by atoms with E-state index in [4.69, 9.17) is 5.73 Å². The maximum atomic E-state index is 12.5. The predicted octanol–water partition coefficient (Wildman–Crippen LogP) is 1.38. The molecule has 0 saturated heterocycles. The molecule has 0 bridgehead atoms. The molecule has 7 nitrogen and oxygen atoms in total. The molecule has 1 amide bonds. The summed E-state index contributed by atoms with van der Waals surface area (Å²) in [7, 11) is 1.63. The average molecular weight is 282 g/mol. The minimum absolute atomic E-state index is 0.0787. The molecule has 1 aromatic heterocycles. The number of hydrogen-bond acceptors (Lipinski definition) is 4. The van der Waals surface area contributed by atoms with E-state index in [-0.39, 0.29) is 17.0 Å². The van der Waals surface area contributed by atoms with Gasteiger partial charge in [-0.05, 0) is 18.9 Å². The first-order chi connectivity index (χ1) is 9.21. The predicted molar refractivity (Wildman–Crippen MR) is 76.5 cm³/mol. The Labute approximate surface area is 118 Å². The fourth-order valence-electron chi connectivity index (χ4n) is 1.93. The topological polar surface area (TPSA) is 94.4 Å². The highest BCUT2D eigenvalue weighted by Crippen LogP contribution is 2.20. The number of aryl methyl sites for hydroxylation is 1. The molecule has 0 saturated carbocycles. The van der Waals surface area contributed by atoms with E-state index in [1.807, 2.05) is 20.8 Å². The van der Waals surface area contributed by atoms with Crippen LogP contribution >= 0.6 is 0 Å². The lowest BCUT2D eigenvalue weighted by atomic mass is 9.93. The molecule has 112 valence electrons. The Balaban J connectivity index is 3.00. The second-order valence-electron chi connectivity index (χ2n) is 5.64. The van der Waals surface area contributed by atoms with Gasteiger partial charge in [-0.2, -0.15) is 0 Å². The van der Waals surface area contributed by atoms with Crippen molar-refractivity contribution in [3.63, 3.8) is 0 Å². The smallest absolute Gasteiger partial charge is 0.287 e. The van der Waals surface area contributed by atoms with Crippen molar-refractivity contribution in [1.82, 2.24) is 9.47 Å². The standard InChI is InChI=1S/C13H22N4O3/c1-5-16(9-13(2,3)8-14)12(18)11-6-10(17(19)20)7-15(11)4/h6-7H,5,8-9,14H2,1-4H3. The van der Waals surface area contributed by atoms with E-state index in [1.54, 1.807) is 11.9 Å². The fraction of sp³-hybridized carbons (Fsp3) is 0.615. The largest absolute Gasteiger partial charge is 0.340 e. The molecule has 7 heteroatoms. The van der Waals surface area contributed by atoms with Gasteiger partial charge in [-0.1, -0.05) is 13.8 Å². The second kappa shape index (κ2) is 6.04. The van der Waals surface area contributed by atoms with Crippen molar-refractivity contribution in [2.24, 2.45) is 18.2 Å². The molecule has 0 unspecified atom stereocenters. The molecule has 1 aromatic rings. The number of rotatable bonds is 6. The SMILES string of the molecule is CCN(CC(C)(C)CN)C(=O)c1cc([N+](=O)[O-])cn1C. The Kier molecular flexibility index (Phi) is 4.88. The van der Waals surface area contributed by atoms with Gasteiger partial charge in [-0.25, -0.2) is 0 Å². The first-order valence-electron chi connectivity index (χ1n) is 6.52. The molecule has 2 N–H and O–H groups in total. The van der Waals surface area contributed by atoms with Crippen LogP contribution < -0.4 is 5.73 Å². The van der Waals surface area contributed by atoms with Crippen LogP contribution in [0.5, 0.6) is 0 Å². The van der Waals surface area contributed by atoms with Gasteiger partial charge in [0.05, 0.1) is 11.1 Å². The summed E-state index contributed by atoms with van der Waals surface area (Å²) in [6.45, 7) is 7.34. The molecule has 1 heterocycles. The molecule has 0 aliphatic heterocycles. The van der Waals surface area contributed by atoms with Crippen molar-refractivity contribution >= 4 is 11.6 Å². The zero-order valence-corrected chi connectivity index (χ0v) is 12.4. The summed E-state index contributed by atoms with van der Waals surface area (Å²) in [6.07, 6.45) is 1.34. The summed E-state index contributed by atoms with van der Waals surface area (Å²) < 4.78 is 1.48. The number of nitro groups is 1. The highest BCUT2D eigenvalue weighted by atomic mass is 16.6. The lowest BCUT2D eigenvalue weighted by Crippen LogP contribution is -2.42.